The van der Waals surface area contributed by atoms with Crippen molar-refractivity contribution in [3.63, 3.8) is 0 Å². The molecule has 0 N–H and O–H groups in total. The Morgan fingerprint density at radius 1 is 0.757 bits per heavy atom. The van der Waals surface area contributed by atoms with Crippen molar-refractivity contribution in [2.24, 2.45) is 7.05 Å². The Labute approximate surface area is 224 Å². The molecule has 0 amide bonds. The Kier molecular flexibility index (Phi) is 6.00. The summed E-state index contributed by atoms with van der Waals surface area (Å²) in [5, 5.41) is 5.35. The van der Waals surface area contributed by atoms with E-state index in [-0.39, 0.29) is 5.41 Å². The Balaban J connectivity index is 1.42. The van der Waals surface area contributed by atoms with Crippen molar-refractivity contribution < 1.29 is 0 Å². The summed E-state index contributed by atoms with van der Waals surface area (Å²) in [6.45, 7) is 7.06. The van der Waals surface area contributed by atoms with E-state index in [0.717, 1.165) is 0 Å². The van der Waals surface area contributed by atoms with Crippen molar-refractivity contribution >= 4 is 64.7 Å². The molecule has 2 aromatic heterocycles. The van der Waals surface area contributed by atoms with E-state index in [1.807, 2.05) is 11.3 Å². The molecule has 1 atom stereocenters. The highest BCUT2D eigenvalue weighted by Gasteiger charge is 2.25. The van der Waals surface area contributed by atoms with E-state index in [2.05, 4.69) is 123 Å². The van der Waals surface area contributed by atoms with Crippen molar-refractivity contribution in [2.75, 3.05) is 11.9 Å². The highest BCUT2D eigenvalue weighted by atomic mass is 32.1. The summed E-state index contributed by atoms with van der Waals surface area (Å²) in [4.78, 5) is 2.31. The molecule has 0 saturated carbocycles. The zero-order valence-electron chi connectivity index (χ0n) is 22.6. The lowest BCUT2D eigenvalue weighted by atomic mass is 9.76. The van der Waals surface area contributed by atoms with Gasteiger partial charge in [-0.1, -0.05) is 70.0 Å². The van der Waals surface area contributed by atoms with E-state index in [4.69, 9.17) is 0 Å². The maximum Gasteiger partial charge on any atom is 0.0509 e. The molecule has 0 aliphatic carbocycles. The number of unbranched alkanes of at least 4 members (excludes halogenated alkanes) is 1. The fourth-order valence-corrected chi connectivity index (χ4v) is 7.03. The van der Waals surface area contributed by atoms with E-state index in [9.17, 15) is 0 Å². The molecule has 2 heterocycles. The van der Waals surface area contributed by atoms with Crippen LogP contribution >= 0.6 is 11.3 Å². The van der Waals surface area contributed by atoms with Crippen LogP contribution in [0.2, 0.25) is 0 Å². The van der Waals surface area contributed by atoms with E-state index in [1.165, 1.54) is 84.6 Å². The topological polar surface area (TPSA) is 8.17 Å². The van der Waals surface area contributed by atoms with Gasteiger partial charge in [-0.25, -0.2) is 0 Å². The third-order valence-electron chi connectivity index (χ3n) is 8.69. The second-order valence-electron chi connectivity index (χ2n) is 10.8. The molecule has 3 heteroatoms. The van der Waals surface area contributed by atoms with E-state index in [0.29, 0.717) is 0 Å². The standard InChI is InChI=1S/C34H36N2S/c1-6-8-19-34(3,7-2)23-13-16-26-27-17-14-25(22-31(27)36(5)30(26)20-23)35(4)24-15-18-33-29(21-24)28-11-9-10-12-32(28)37-33/h9-18,20-22H,6-8,19H2,1-5H3. The Morgan fingerprint density at radius 2 is 1.43 bits per heavy atom. The lowest BCUT2D eigenvalue weighted by molar-refractivity contribution is 0.403. The highest BCUT2D eigenvalue weighted by Crippen LogP contribution is 2.40. The van der Waals surface area contributed by atoms with Crippen LogP contribution in [0.1, 0.15) is 52.0 Å². The molecule has 0 bridgehead atoms. The number of rotatable bonds is 7. The lowest BCUT2D eigenvalue weighted by Crippen LogP contribution is -2.20. The molecule has 6 aromatic rings. The number of thiophene rings is 1. The van der Waals surface area contributed by atoms with Gasteiger partial charge >= 0.3 is 0 Å². The molecule has 1 unspecified atom stereocenters. The molecule has 0 aliphatic rings. The highest BCUT2D eigenvalue weighted by molar-refractivity contribution is 7.25. The number of aromatic nitrogens is 1. The molecule has 188 valence electrons. The fraction of sp³-hybridized carbons (Fsp3) is 0.294. The number of fused-ring (bicyclic) bond motifs is 6. The Morgan fingerprint density at radius 3 is 2.22 bits per heavy atom. The molecule has 0 aliphatic heterocycles. The minimum absolute atomic E-state index is 0.233. The van der Waals surface area contributed by atoms with Crippen molar-refractivity contribution in [3.05, 3.63) is 84.4 Å². The lowest BCUT2D eigenvalue weighted by Gasteiger charge is -2.29. The number of anilines is 2. The average molecular weight is 505 g/mol. The zero-order valence-corrected chi connectivity index (χ0v) is 23.5. The molecule has 0 spiro atoms. The number of benzene rings is 4. The Bertz CT molecular complexity index is 1750. The summed E-state index contributed by atoms with van der Waals surface area (Å²) < 4.78 is 5.08. The molecule has 2 nitrogen and oxygen atoms in total. The van der Waals surface area contributed by atoms with Crippen LogP contribution in [0, 0.1) is 0 Å². The van der Waals surface area contributed by atoms with Crippen LogP contribution < -0.4 is 4.90 Å². The smallest absolute Gasteiger partial charge is 0.0509 e. The van der Waals surface area contributed by atoms with E-state index < -0.39 is 0 Å². The average Bonchev–Trinajstić information content (AvgIpc) is 3.45. The van der Waals surface area contributed by atoms with Gasteiger partial charge in [-0.15, -0.1) is 11.3 Å². The molecule has 0 fully saturated rings. The van der Waals surface area contributed by atoms with Crippen LogP contribution in [0.5, 0.6) is 0 Å². The number of nitrogens with zero attached hydrogens (tertiary/aromatic N) is 2. The summed E-state index contributed by atoms with van der Waals surface area (Å²) in [7, 11) is 4.40. The maximum absolute atomic E-state index is 2.45. The summed E-state index contributed by atoms with van der Waals surface area (Å²) in [5.74, 6) is 0. The quantitative estimate of drug-likeness (QED) is 0.210. The normalized spacial score (nSPS) is 13.6. The third kappa shape index (κ3) is 3.92. The summed E-state index contributed by atoms with van der Waals surface area (Å²) in [6.07, 6.45) is 4.94. The molecular formula is C34H36N2S. The van der Waals surface area contributed by atoms with Gasteiger partial charge in [-0.2, -0.15) is 0 Å². The van der Waals surface area contributed by atoms with Crippen LogP contribution in [-0.4, -0.2) is 11.6 Å². The van der Waals surface area contributed by atoms with Crippen LogP contribution in [0.4, 0.5) is 11.4 Å². The van der Waals surface area contributed by atoms with Gasteiger partial charge in [-0.05, 0) is 66.3 Å². The monoisotopic (exact) mass is 504 g/mol. The second-order valence-corrected chi connectivity index (χ2v) is 11.9. The number of hydrogen-bond acceptors (Lipinski definition) is 2. The zero-order chi connectivity index (χ0) is 25.7. The van der Waals surface area contributed by atoms with Gasteiger partial charge in [0.15, 0.2) is 0 Å². The summed E-state index contributed by atoms with van der Waals surface area (Å²) in [6, 6.07) is 29.7. The van der Waals surface area contributed by atoms with Gasteiger partial charge in [0.05, 0.1) is 5.52 Å². The van der Waals surface area contributed by atoms with Crippen LogP contribution in [0.25, 0.3) is 42.0 Å². The summed E-state index contributed by atoms with van der Waals surface area (Å²) in [5.41, 5.74) is 6.73. The van der Waals surface area contributed by atoms with E-state index >= 15 is 0 Å². The van der Waals surface area contributed by atoms with Crippen molar-refractivity contribution in [1.29, 1.82) is 0 Å². The fourth-order valence-electron chi connectivity index (χ4n) is 5.94. The minimum atomic E-state index is 0.233. The van der Waals surface area contributed by atoms with Gasteiger partial charge in [-0.3, -0.25) is 0 Å². The molecule has 6 rings (SSSR count). The van der Waals surface area contributed by atoms with Gasteiger partial charge in [0.25, 0.3) is 0 Å². The molecule has 0 saturated heterocycles. The largest absolute Gasteiger partial charge is 0.345 e. The minimum Gasteiger partial charge on any atom is -0.345 e. The van der Waals surface area contributed by atoms with Gasteiger partial charge < -0.3 is 9.47 Å². The molecule has 37 heavy (non-hydrogen) atoms. The molecular weight excluding hydrogens is 468 g/mol. The molecule has 0 radical (unpaired) electrons. The third-order valence-corrected chi connectivity index (χ3v) is 9.84. The van der Waals surface area contributed by atoms with Crippen molar-refractivity contribution in [1.82, 2.24) is 4.57 Å². The second kappa shape index (κ2) is 9.22. The first-order valence-corrected chi connectivity index (χ1v) is 14.4. The van der Waals surface area contributed by atoms with Gasteiger partial charge in [0.1, 0.15) is 0 Å². The van der Waals surface area contributed by atoms with Crippen LogP contribution in [-0.2, 0) is 12.5 Å². The predicted octanol–water partition coefficient (Wildman–Crippen LogP) is 10.3. The first-order chi connectivity index (χ1) is 17.9. The summed E-state index contributed by atoms with van der Waals surface area (Å²) >= 11 is 1.87. The van der Waals surface area contributed by atoms with Gasteiger partial charge in [0, 0.05) is 61.9 Å². The van der Waals surface area contributed by atoms with Crippen molar-refractivity contribution in [2.45, 2.75) is 51.9 Å². The number of hydrogen-bond donors (Lipinski definition) is 0. The Hall–Kier alpha value is -3.30. The van der Waals surface area contributed by atoms with Gasteiger partial charge in [0.2, 0.25) is 0 Å². The predicted molar refractivity (Wildman–Crippen MR) is 165 cm³/mol. The number of aryl methyl sites for hydroxylation is 1. The molecule has 4 aromatic carbocycles. The first kappa shape index (κ1) is 24.1. The van der Waals surface area contributed by atoms with Crippen LogP contribution in [0.3, 0.4) is 0 Å². The first-order valence-electron chi connectivity index (χ1n) is 13.6. The van der Waals surface area contributed by atoms with Crippen molar-refractivity contribution in [3.8, 4) is 0 Å². The van der Waals surface area contributed by atoms with E-state index in [1.54, 1.807) is 0 Å². The SMILES string of the molecule is CCCCC(C)(CC)c1ccc2c3ccc(N(C)c4ccc5sc6ccccc6c5c4)cc3n(C)c2c1. The maximum atomic E-state index is 2.45. The van der Waals surface area contributed by atoms with Crippen LogP contribution in [0.15, 0.2) is 78.9 Å².